The summed E-state index contributed by atoms with van der Waals surface area (Å²) < 4.78 is 0. The van der Waals surface area contributed by atoms with Crippen LogP contribution in [0, 0.1) is 0 Å². The second-order valence-electron chi connectivity index (χ2n) is 1.87. The van der Waals surface area contributed by atoms with E-state index in [-0.39, 0.29) is 12.2 Å². The van der Waals surface area contributed by atoms with Crippen molar-refractivity contribution in [3.05, 3.63) is 11.2 Å². The Morgan fingerprint density at radius 2 is 2.50 bits per heavy atom. The van der Waals surface area contributed by atoms with Gasteiger partial charge in [0.15, 0.2) is 0 Å². The van der Waals surface area contributed by atoms with Gasteiger partial charge in [-0.15, -0.1) is 0 Å². The molecule has 0 spiro atoms. The lowest BCUT2D eigenvalue weighted by Crippen LogP contribution is -2.50. The van der Waals surface area contributed by atoms with E-state index >= 15 is 0 Å². The second kappa shape index (κ2) is 2.90. The van der Waals surface area contributed by atoms with Gasteiger partial charge in [-0.05, 0) is 7.05 Å². The van der Waals surface area contributed by atoms with E-state index in [4.69, 9.17) is 11.6 Å². The maximum absolute atomic E-state index is 10.6. The van der Waals surface area contributed by atoms with Gasteiger partial charge in [0.25, 0.3) is 0 Å². The maximum Gasteiger partial charge on any atom is 0.320 e. The molecule has 56 valence electrons. The molecule has 0 bridgehead atoms. The largest absolute Gasteiger partial charge is 0.320 e. The zero-order valence-electron chi connectivity index (χ0n) is 5.44. The summed E-state index contributed by atoms with van der Waals surface area (Å²) in [7, 11) is 1.71. The molecule has 1 unspecified atom stereocenters. The molecule has 1 heterocycles. The normalized spacial score (nSPS) is 24.8. The molecule has 3 N–H and O–H groups in total. The second-order valence-corrected chi connectivity index (χ2v) is 2.31. The summed E-state index contributed by atoms with van der Waals surface area (Å²) >= 11 is 5.67. The van der Waals surface area contributed by atoms with Gasteiger partial charge in [-0.2, -0.15) is 0 Å². The first-order valence-electron chi connectivity index (χ1n) is 2.84. The van der Waals surface area contributed by atoms with E-state index in [1.807, 2.05) is 0 Å². The third kappa shape index (κ3) is 1.40. The van der Waals surface area contributed by atoms with E-state index < -0.39 is 0 Å². The first kappa shape index (κ1) is 7.37. The molecule has 0 aromatic heterocycles. The van der Waals surface area contributed by atoms with Crippen molar-refractivity contribution in [2.45, 2.75) is 6.17 Å². The Labute approximate surface area is 63.6 Å². The van der Waals surface area contributed by atoms with Crippen LogP contribution in [0.2, 0.25) is 0 Å². The monoisotopic (exact) mass is 161 g/mol. The summed E-state index contributed by atoms with van der Waals surface area (Å²) in [6, 6.07) is -0.247. The van der Waals surface area contributed by atoms with E-state index in [9.17, 15) is 4.79 Å². The van der Waals surface area contributed by atoms with Crippen molar-refractivity contribution in [2.24, 2.45) is 0 Å². The van der Waals surface area contributed by atoms with Gasteiger partial charge in [-0.1, -0.05) is 11.6 Å². The van der Waals surface area contributed by atoms with Crippen molar-refractivity contribution in [3.8, 4) is 0 Å². The molecule has 0 aromatic rings. The van der Waals surface area contributed by atoms with E-state index in [2.05, 4.69) is 16.0 Å². The molecular weight excluding hydrogens is 154 g/mol. The minimum absolute atomic E-state index is 0.247. The van der Waals surface area contributed by atoms with E-state index in [0.717, 1.165) is 0 Å². The molecule has 1 rings (SSSR count). The molecule has 0 aliphatic carbocycles. The predicted molar refractivity (Wildman–Crippen MR) is 38.5 cm³/mol. The zero-order chi connectivity index (χ0) is 7.56. The summed E-state index contributed by atoms with van der Waals surface area (Å²) in [6.45, 7) is 0. The minimum Gasteiger partial charge on any atom is -0.317 e. The minimum atomic E-state index is -0.254. The van der Waals surface area contributed by atoms with Crippen LogP contribution < -0.4 is 16.0 Å². The van der Waals surface area contributed by atoms with E-state index in [1.165, 1.54) is 6.20 Å². The molecular formula is C5H8ClN3O. The van der Waals surface area contributed by atoms with Gasteiger partial charge in [0.2, 0.25) is 0 Å². The van der Waals surface area contributed by atoms with Gasteiger partial charge in [-0.3, -0.25) is 5.32 Å². The average molecular weight is 162 g/mol. The third-order valence-electron chi connectivity index (χ3n) is 1.18. The molecule has 1 atom stereocenters. The highest BCUT2D eigenvalue weighted by Crippen LogP contribution is 2.06. The number of hydrogen-bond acceptors (Lipinski definition) is 2. The van der Waals surface area contributed by atoms with Crippen LogP contribution in [-0.2, 0) is 0 Å². The number of amides is 2. The van der Waals surface area contributed by atoms with Gasteiger partial charge >= 0.3 is 6.03 Å². The topological polar surface area (TPSA) is 53.2 Å². The molecule has 0 radical (unpaired) electrons. The Balaban J connectivity index is 2.65. The standard InChI is InChI=1S/C5H8ClN3O/c1-7-4-3(6)2-8-5(10)9-4/h2,4,7H,1H3,(H2,8,9,10). The van der Waals surface area contributed by atoms with Gasteiger partial charge in [0.05, 0.1) is 5.03 Å². The fraction of sp³-hybridized carbons (Fsp3) is 0.400. The zero-order valence-corrected chi connectivity index (χ0v) is 6.20. The van der Waals surface area contributed by atoms with Crippen molar-refractivity contribution < 1.29 is 4.79 Å². The van der Waals surface area contributed by atoms with Crippen molar-refractivity contribution in [1.29, 1.82) is 0 Å². The average Bonchev–Trinajstić information content (AvgIpc) is 1.94. The molecule has 0 aromatic carbocycles. The van der Waals surface area contributed by atoms with Crippen molar-refractivity contribution in [1.82, 2.24) is 16.0 Å². The molecule has 0 saturated carbocycles. The fourth-order valence-electron chi connectivity index (χ4n) is 0.670. The summed E-state index contributed by atoms with van der Waals surface area (Å²) in [5.74, 6) is 0. The lowest BCUT2D eigenvalue weighted by molar-refractivity contribution is 0.238. The molecule has 1 aliphatic heterocycles. The summed E-state index contributed by atoms with van der Waals surface area (Å²) in [5.41, 5.74) is 0. The van der Waals surface area contributed by atoms with Crippen LogP contribution in [0.3, 0.4) is 0 Å². The smallest absolute Gasteiger partial charge is 0.317 e. The Bertz CT molecular complexity index is 180. The number of carbonyl (C=O) groups is 1. The summed E-state index contributed by atoms with van der Waals surface area (Å²) in [4.78, 5) is 10.6. The Morgan fingerprint density at radius 1 is 1.80 bits per heavy atom. The van der Waals surface area contributed by atoms with Crippen molar-refractivity contribution >= 4 is 17.6 Å². The Hall–Kier alpha value is -0.740. The van der Waals surface area contributed by atoms with Gasteiger partial charge in [0, 0.05) is 6.20 Å². The van der Waals surface area contributed by atoms with Gasteiger partial charge in [0.1, 0.15) is 6.17 Å². The summed E-state index contributed by atoms with van der Waals surface area (Å²) in [6.07, 6.45) is 1.21. The highest BCUT2D eigenvalue weighted by atomic mass is 35.5. The molecule has 0 saturated heterocycles. The van der Waals surface area contributed by atoms with Crippen molar-refractivity contribution in [3.63, 3.8) is 0 Å². The molecule has 4 nitrogen and oxygen atoms in total. The molecule has 2 amide bonds. The predicted octanol–water partition coefficient (Wildman–Crippen LogP) is -0.0751. The number of urea groups is 1. The fourth-order valence-corrected chi connectivity index (χ4v) is 0.888. The third-order valence-corrected chi connectivity index (χ3v) is 1.51. The maximum atomic E-state index is 10.6. The number of carbonyl (C=O) groups excluding carboxylic acids is 1. The van der Waals surface area contributed by atoms with Crippen LogP contribution >= 0.6 is 11.6 Å². The number of hydrogen-bond donors (Lipinski definition) is 3. The first-order valence-corrected chi connectivity index (χ1v) is 3.21. The quantitative estimate of drug-likeness (QED) is 0.504. The van der Waals surface area contributed by atoms with Gasteiger partial charge in [-0.25, -0.2) is 4.79 Å². The van der Waals surface area contributed by atoms with Crippen LogP contribution in [0.5, 0.6) is 0 Å². The van der Waals surface area contributed by atoms with Crippen LogP contribution in [0.4, 0.5) is 4.79 Å². The molecule has 10 heavy (non-hydrogen) atoms. The lowest BCUT2D eigenvalue weighted by atomic mass is 10.4. The Kier molecular flexibility index (Phi) is 2.13. The van der Waals surface area contributed by atoms with Crippen LogP contribution in [0.15, 0.2) is 11.2 Å². The Morgan fingerprint density at radius 3 is 3.00 bits per heavy atom. The number of nitrogens with one attached hydrogen (secondary N) is 3. The molecule has 0 fully saturated rings. The summed E-state index contributed by atoms with van der Waals surface area (Å²) in [5, 5.41) is 8.32. The molecule has 5 heteroatoms. The first-order chi connectivity index (χ1) is 4.74. The number of halogens is 1. The van der Waals surface area contributed by atoms with Gasteiger partial charge < -0.3 is 10.6 Å². The van der Waals surface area contributed by atoms with E-state index in [1.54, 1.807) is 7.05 Å². The number of rotatable bonds is 1. The highest BCUT2D eigenvalue weighted by Gasteiger charge is 2.16. The lowest BCUT2D eigenvalue weighted by Gasteiger charge is -2.21. The molecule has 1 aliphatic rings. The number of likely N-dealkylation sites (N-methyl/N-ethyl adjacent to an activating group) is 1. The van der Waals surface area contributed by atoms with Crippen LogP contribution in [0.25, 0.3) is 0 Å². The highest BCUT2D eigenvalue weighted by molar-refractivity contribution is 6.30. The van der Waals surface area contributed by atoms with Crippen LogP contribution in [0.1, 0.15) is 0 Å². The van der Waals surface area contributed by atoms with E-state index in [0.29, 0.717) is 5.03 Å². The SMILES string of the molecule is CNC1NC(=O)NC=C1Cl. The van der Waals surface area contributed by atoms with Crippen molar-refractivity contribution in [2.75, 3.05) is 7.05 Å². The van der Waals surface area contributed by atoms with Crippen LogP contribution in [-0.4, -0.2) is 19.2 Å².